The predicted molar refractivity (Wildman–Crippen MR) is 113 cm³/mol. The summed E-state index contributed by atoms with van der Waals surface area (Å²) in [6.45, 7) is 1.24. The highest BCUT2D eigenvalue weighted by Gasteiger charge is 2.13. The first-order chi connectivity index (χ1) is 13.7. The van der Waals surface area contributed by atoms with Gasteiger partial charge in [0.25, 0.3) is 5.91 Å². The maximum Gasteiger partial charge on any atom is 0.319 e. The van der Waals surface area contributed by atoms with Gasteiger partial charge < -0.3 is 20.7 Å². The molecular formula is C21H27N3O3S. The van der Waals surface area contributed by atoms with Crippen LogP contribution >= 0.6 is 11.3 Å². The Balaban J connectivity index is 1.36. The van der Waals surface area contributed by atoms with Gasteiger partial charge in [-0.25, -0.2) is 4.79 Å². The minimum absolute atomic E-state index is 0.158. The molecule has 0 atom stereocenters. The van der Waals surface area contributed by atoms with Crippen LogP contribution in [0.5, 0.6) is 0 Å². The Morgan fingerprint density at radius 1 is 1.04 bits per heavy atom. The zero-order valence-electron chi connectivity index (χ0n) is 15.9. The number of amides is 3. The number of hydrogen-bond donors (Lipinski definition) is 3. The van der Waals surface area contributed by atoms with Crippen molar-refractivity contribution in [2.75, 3.05) is 23.8 Å². The van der Waals surface area contributed by atoms with E-state index in [-0.39, 0.29) is 11.9 Å². The lowest BCUT2D eigenvalue weighted by molar-refractivity contribution is 0.0276. The molecule has 7 heteroatoms. The highest BCUT2D eigenvalue weighted by Crippen LogP contribution is 2.20. The van der Waals surface area contributed by atoms with E-state index in [1.807, 2.05) is 11.4 Å². The summed E-state index contributed by atoms with van der Waals surface area (Å²) < 4.78 is 5.86. The van der Waals surface area contributed by atoms with Crippen LogP contribution in [0.1, 0.15) is 48.2 Å². The number of anilines is 2. The first kappa shape index (κ1) is 20.4. The van der Waals surface area contributed by atoms with Crippen molar-refractivity contribution in [1.29, 1.82) is 0 Å². The van der Waals surface area contributed by atoms with Gasteiger partial charge in [-0.05, 0) is 48.9 Å². The van der Waals surface area contributed by atoms with E-state index in [4.69, 9.17) is 4.74 Å². The molecule has 0 saturated heterocycles. The molecule has 1 fully saturated rings. The van der Waals surface area contributed by atoms with Gasteiger partial charge >= 0.3 is 6.03 Å². The van der Waals surface area contributed by atoms with Crippen LogP contribution in [0.4, 0.5) is 16.2 Å². The third-order valence-corrected chi connectivity index (χ3v) is 5.50. The van der Waals surface area contributed by atoms with Crippen LogP contribution in [-0.4, -0.2) is 31.2 Å². The van der Waals surface area contributed by atoms with Crippen molar-refractivity contribution >= 4 is 34.6 Å². The molecule has 1 aliphatic carbocycles. The lowest BCUT2D eigenvalue weighted by Gasteiger charge is -2.21. The molecule has 2 aromatic rings. The van der Waals surface area contributed by atoms with Gasteiger partial charge in [0.05, 0.1) is 11.0 Å². The Morgan fingerprint density at radius 2 is 1.82 bits per heavy atom. The number of ether oxygens (including phenoxy) is 1. The number of nitrogens with one attached hydrogen (secondary N) is 3. The lowest BCUT2D eigenvalue weighted by Crippen LogP contribution is -2.30. The normalized spacial score (nSPS) is 14.4. The van der Waals surface area contributed by atoms with Crippen molar-refractivity contribution in [2.24, 2.45) is 0 Å². The summed E-state index contributed by atoms with van der Waals surface area (Å²) in [5.41, 5.74) is 1.26. The number of hydrogen-bond acceptors (Lipinski definition) is 4. The van der Waals surface area contributed by atoms with Crippen LogP contribution in [0.3, 0.4) is 0 Å². The van der Waals surface area contributed by atoms with Crippen LogP contribution in [0, 0.1) is 0 Å². The van der Waals surface area contributed by atoms with Crippen LogP contribution in [0.15, 0.2) is 41.8 Å². The zero-order chi connectivity index (χ0) is 19.6. The second-order valence-electron chi connectivity index (χ2n) is 6.88. The molecule has 0 aliphatic heterocycles. The molecule has 3 N–H and O–H groups in total. The minimum atomic E-state index is -0.264. The van der Waals surface area contributed by atoms with Crippen LogP contribution in [0.2, 0.25) is 0 Å². The minimum Gasteiger partial charge on any atom is -0.378 e. The van der Waals surface area contributed by atoms with Gasteiger partial charge in [0, 0.05) is 24.5 Å². The molecule has 1 saturated carbocycles. The van der Waals surface area contributed by atoms with Gasteiger partial charge in [-0.3, -0.25) is 4.79 Å². The predicted octanol–water partition coefficient (Wildman–Crippen LogP) is 4.86. The summed E-state index contributed by atoms with van der Waals surface area (Å²) in [5, 5.41) is 10.3. The first-order valence-corrected chi connectivity index (χ1v) is 10.7. The summed E-state index contributed by atoms with van der Waals surface area (Å²) in [5.74, 6) is -0.158. The van der Waals surface area contributed by atoms with E-state index in [0.29, 0.717) is 35.5 Å². The highest BCUT2D eigenvalue weighted by molar-refractivity contribution is 7.12. The standard InChI is InChI=1S/C21H27N3O3S/c25-20(19-11-5-14-28-19)23-16-7-4-8-17(15-16)24-21(26)22-12-6-13-27-18-9-2-1-3-10-18/h4-5,7-8,11,14-15,18H,1-3,6,9-10,12-13H2,(H,23,25)(H2,22,24,26). The topological polar surface area (TPSA) is 79.5 Å². The number of benzene rings is 1. The third kappa shape index (κ3) is 6.65. The van der Waals surface area contributed by atoms with Crippen molar-refractivity contribution < 1.29 is 14.3 Å². The molecule has 1 aliphatic rings. The lowest BCUT2D eigenvalue weighted by atomic mass is 9.98. The summed E-state index contributed by atoms with van der Waals surface area (Å²) >= 11 is 1.39. The summed E-state index contributed by atoms with van der Waals surface area (Å²) in [4.78, 5) is 24.8. The summed E-state index contributed by atoms with van der Waals surface area (Å²) in [6.07, 6.45) is 7.35. The largest absolute Gasteiger partial charge is 0.378 e. The molecule has 28 heavy (non-hydrogen) atoms. The van der Waals surface area contributed by atoms with Gasteiger partial charge in [-0.2, -0.15) is 0 Å². The molecule has 6 nitrogen and oxygen atoms in total. The van der Waals surface area contributed by atoms with Gasteiger partial charge in [-0.15, -0.1) is 11.3 Å². The number of rotatable bonds is 8. The maximum atomic E-state index is 12.1. The van der Waals surface area contributed by atoms with Crippen molar-refractivity contribution in [3.05, 3.63) is 46.7 Å². The smallest absolute Gasteiger partial charge is 0.319 e. The van der Waals surface area contributed by atoms with E-state index < -0.39 is 0 Å². The summed E-state index contributed by atoms with van der Waals surface area (Å²) in [6, 6.07) is 10.4. The van der Waals surface area contributed by atoms with Crippen molar-refractivity contribution in [3.63, 3.8) is 0 Å². The fourth-order valence-electron chi connectivity index (χ4n) is 3.21. The number of carbonyl (C=O) groups excluding carboxylic acids is 2. The SMILES string of the molecule is O=C(NCCCOC1CCCCC1)Nc1cccc(NC(=O)c2cccs2)c1. The summed E-state index contributed by atoms with van der Waals surface area (Å²) in [7, 11) is 0. The van der Waals surface area contributed by atoms with Gasteiger partial charge in [-0.1, -0.05) is 31.4 Å². The molecule has 0 radical (unpaired) electrons. The Hall–Kier alpha value is -2.38. The van der Waals surface area contributed by atoms with Gasteiger partial charge in [0.2, 0.25) is 0 Å². The van der Waals surface area contributed by atoms with Gasteiger partial charge in [0.1, 0.15) is 0 Å². The van der Waals surface area contributed by atoms with E-state index >= 15 is 0 Å². The molecular weight excluding hydrogens is 374 g/mol. The average molecular weight is 402 g/mol. The molecule has 1 aromatic carbocycles. The fourth-order valence-corrected chi connectivity index (χ4v) is 3.83. The Labute approximate surface area is 169 Å². The molecule has 1 heterocycles. The second kappa shape index (κ2) is 10.8. The van der Waals surface area contributed by atoms with Crippen molar-refractivity contribution in [3.8, 4) is 0 Å². The molecule has 3 rings (SSSR count). The van der Waals surface area contributed by atoms with E-state index in [9.17, 15) is 9.59 Å². The van der Waals surface area contributed by atoms with E-state index in [1.165, 1.54) is 30.6 Å². The Morgan fingerprint density at radius 3 is 2.57 bits per heavy atom. The molecule has 0 bridgehead atoms. The van der Waals surface area contributed by atoms with Crippen molar-refractivity contribution in [1.82, 2.24) is 5.32 Å². The Bertz CT molecular complexity index is 758. The number of thiophene rings is 1. The van der Waals surface area contributed by atoms with E-state index in [2.05, 4.69) is 16.0 Å². The average Bonchev–Trinajstić information content (AvgIpc) is 3.24. The fraction of sp³-hybridized carbons (Fsp3) is 0.429. The molecule has 1 aromatic heterocycles. The third-order valence-electron chi connectivity index (χ3n) is 4.64. The molecule has 150 valence electrons. The van der Waals surface area contributed by atoms with Crippen LogP contribution in [0.25, 0.3) is 0 Å². The number of carbonyl (C=O) groups is 2. The van der Waals surface area contributed by atoms with Crippen LogP contribution in [-0.2, 0) is 4.74 Å². The zero-order valence-corrected chi connectivity index (χ0v) is 16.7. The molecule has 0 spiro atoms. The monoisotopic (exact) mass is 401 g/mol. The maximum absolute atomic E-state index is 12.1. The second-order valence-corrected chi connectivity index (χ2v) is 7.83. The van der Waals surface area contributed by atoms with Crippen molar-refractivity contribution in [2.45, 2.75) is 44.6 Å². The Kier molecular flexibility index (Phi) is 7.87. The van der Waals surface area contributed by atoms with E-state index in [0.717, 1.165) is 19.3 Å². The highest BCUT2D eigenvalue weighted by atomic mass is 32.1. The van der Waals surface area contributed by atoms with Gasteiger partial charge in [0.15, 0.2) is 0 Å². The quantitative estimate of drug-likeness (QED) is 0.553. The molecule has 0 unspecified atom stereocenters. The molecule has 3 amide bonds. The van der Waals surface area contributed by atoms with Crippen LogP contribution < -0.4 is 16.0 Å². The van der Waals surface area contributed by atoms with E-state index in [1.54, 1.807) is 30.3 Å². The number of urea groups is 1. The first-order valence-electron chi connectivity index (χ1n) is 9.82.